The summed E-state index contributed by atoms with van der Waals surface area (Å²) in [7, 11) is 2.91. The van der Waals surface area contributed by atoms with Gasteiger partial charge >= 0.3 is 0 Å². The molecular formula is C22H23ClN4O4. The number of aromatic nitrogens is 3. The van der Waals surface area contributed by atoms with Crippen LogP contribution in [0.5, 0.6) is 5.88 Å². The molecule has 0 unspecified atom stereocenters. The standard InChI is InChI=1S/C22H23ClN4O4/c1-13-9-10-16(21(28)26(4)30-5)11-18(13)27-15(3)25-20(19(23)22(27)29)31-12-17-8-6-7-14(2)24-17/h6-11H,12H2,1-5H3. The predicted octanol–water partition coefficient (Wildman–Crippen LogP) is 3.42. The molecule has 0 radical (unpaired) electrons. The van der Waals surface area contributed by atoms with E-state index in [1.54, 1.807) is 25.1 Å². The van der Waals surface area contributed by atoms with E-state index in [-0.39, 0.29) is 23.4 Å². The Labute approximate surface area is 185 Å². The zero-order valence-electron chi connectivity index (χ0n) is 18.0. The van der Waals surface area contributed by atoms with Crippen LogP contribution in [0.1, 0.15) is 33.1 Å². The molecule has 0 fully saturated rings. The van der Waals surface area contributed by atoms with Gasteiger partial charge in [0.15, 0.2) is 5.02 Å². The summed E-state index contributed by atoms with van der Waals surface area (Å²) in [5.41, 5.74) is 2.70. The van der Waals surface area contributed by atoms with E-state index in [1.165, 1.54) is 18.7 Å². The highest BCUT2D eigenvalue weighted by molar-refractivity contribution is 6.31. The van der Waals surface area contributed by atoms with Crippen molar-refractivity contribution in [2.24, 2.45) is 0 Å². The lowest BCUT2D eigenvalue weighted by Crippen LogP contribution is -2.27. The predicted molar refractivity (Wildman–Crippen MR) is 117 cm³/mol. The van der Waals surface area contributed by atoms with E-state index in [9.17, 15) is 9.59 Å². The number of hydroxylamine groups is 2. The average Bonchev–Trinajstić information content (AvgIpc) is 2.75. The van der Waals surface area contributed by atoms with Crippen LogP contribution in [-0.2, 0) is 11.4 Å². The van der Waals surface area contributed by atoms with Gasteiger partial charge in [0.2, 0.25) is 5.88 Å². The number of pyridine rings is 1. The molecule has 0 aliphatic rings. The third-order valence-corrected chi connectivity index (χ3v) is 5.05. The van der Waals surface area contributed by atoms with Gasteiger partial charge in [0.25, 0.3) is 11.5 Å². The molecule has 0 aliphatic heterocycles. The maximum absolute atomic E-state index is 13.1. The second kappa shape index (κ2) is 9.28. The molecule has 3 aromatic rings. The molecule has 1 aromatic carbocycles. The van der Waals surface area contributed by atoms with Gasteiger partial charge in [-0.1, -0.05) is 23.7 Å². The van der Waals surface area contributed by atoms with E-state index in [0.717, 1.165) is 16.3 Å². The number of carbonyl (C=O) groups is 1. The minimum absolute atomic E-state index is 0.0349. The molecule has 0 aliphatic carbocycles. The molecule has 9 heteroatoms. The minimum Gasteiger partial charge on any atom is -0.470 e. The molecule has 2 heterocycles. The zero-order chi connectivity index (χ0) is 22.7. The summed E-state index contributed by atoms with van der Waals surface area (Å²) in [6, 6.07) is 10.6. The molecule has 0 spiro atoms. The van der Waals surface area contributed by atoms with Crippen molar-refractivity contribution < 1.29 is 14.4 Å². The van der Waals surface area contributed by atoms with Gasteiger partial charge in [-0.15, -0.1) is 0 Å². The zero-order valence-corrected chi connectivity index (χ0v) is 18.7. The summed E-state index contributed by atoms with van der Waals surface area (Å²) in [4.78, 5) is 39.2. The Balaban J connectivity index is 1.99. The number of benzene rings is 1. The van der Waals surface area contributed by atoms with E-state index in [2.05, 4.69) is 9.97 Å². The molecule has 0 atom stereocenters. The van der Waals surface area contributed by atoms with Crippen LogP contribution in [0.25, 0.3) is 5.69 Å². The Bertz CT molecular complexity index is 1190. The number of hydrogen-bond donors (Lipinski definition) is 0. The van der Waals surface area contributed by atoms with Crippen molar-refractivity contribution in [2.75, 3.05) is 14.2 Å². The Morgan fingerprint density at radius 3 is 2.58 bits per heavy atom. The third kappa shape index (κ3) is 4.76. The van der Waals surface area contributed by atoms with Crippen LogP contribution >= 0.6 is 11.6 Å². The first-order valence-electron chi connectivity index (χ1n) is 9.50. The van der Waals surface area contributed by atoms with Gasteiger partial charge < -0.3 is 4.74 Å². The summed E-state index contributed by atoms with van der Waals surface area (Å²) in [6.45, 7) is 5.51. The van der Waals surface area contributed by atoms with Gasteiger partial charge in [-0.25, -0.2) is 5.06 Å². The van der Waals surface area contributed by atoms with Crippen molar-refractivity contribution in [3.63, 3.8) is 0 Å². The molecule has 0 saturated carbocycles. The van der Waals surface area contributed by atoms with Crippen molar-refractivity contribution >= 4 is 17.5 Å². The number of halogens is 1. The lowest BCUT2D eigenvalue weighted by atomic mass is 10.1. The van der Waals surface area contributed by atoms with Gasteiger partial charge in [0.1, 0.15) is 12.4 Å². The highest BCUT2D eigenvalue weighted by Crippen LogP contribution is 2.23. The molecule has 0 N–H and O–H groups in total. The summed E-state index contributed by atoms with van der Waals surface area (Å²) in [5.74, 6) is 0.0567. The van der Waals surface area contributed by atoms with Gasteiger partial charge in [0.05, 0.1) is 18.5 Å². The molecule has 2 aromatic heterocycles. The molecule has 0 bridgehead atoms. The van der Waals surface area contributed by atoms with Crippen LogP contribution in [0.2, 0.25) is 5.02 Å². The average molecular weight is 443 g/mol. The van der Waals surface area contributed by atoms with E-state index in [4.69, 9.17) is 21.2 Å². The Kier molecular flexibility index (Phi) is 6.72. The minimum atomic E-state index is -0.492. The maximum Gasteiger partial charge on any atom is 0.280 e. The highest BCUT2D eigenvalue weighted by atomic mass is 35.5. The first kappa shape index (κ1) is 22.5. The quantitative estimate of drug-likeness (QED) is 0.544. The van der Waals surface area contributed by atoms with Crippen molar-refractivity contribution in [1.29, 1.82) is 0 Å². The van der Waals surface area contributed by atoms with Crippen LogP contribution < -0.4 is 10.3 Å². The third-order valence-electron chi connectivity index (χ3n) is 4.73. The number of amides is 1. The van der Waals surface area contributed by atoms with E-state index < -0.39 is 5.56 Å². The van der Waals surface area contributed by atoms with Crippen LogP contribution in [0.15, 0.2) is 41.2 Å². The summed E-state index contributed by atoms with van der Waals surface area (Å²) < 4.78 is 7.03. The van der Waals surface area contributed by atoms with Crippen molar-refractivity contribution in [3.8, 4) is 11.6 Å². The SMILES string of the molecule is CON(C)C(=O)c1ccc(C)c(-n2c(C)nc(OCc3cccc(C)n3)c(Cl)c2=O)c1. The van der Waals surface area contributed by atoms with Crippen molar-refractivity contribution in [3.05, 3.63) is 80.1 Å². The fourth-order valence-corrected chi connectivity index (χ4v) is 3.21. The summed E-state index contributed by atoms with van der Waals surface area (Å²) in [5, 5.41) is 0.953. The molecule has 1 amide bonds. The first-order chi connectivity index (χ1) is 14.7. The van der Waals surface area contributed by atoms with Crippen molar-refractivity contribution in [1.82, 2.24) is 19.6 Å². The Morgan fingerprint density at radius 1 is 1.16 bits per heavy atom. The molecule has 8 nitrogen and oxygen atoms in total. The molecule has 3 rings (SSSR count). The monoisotopic (exact) mass is 442 g/mol. The number of nitrogens with zero attached hydrogens (tertiary/aromatic N) is 4. The maximum atomic E-state index is 13.1. The molecular weight excluding hydrogens is 420 g/mol. The Hall–Kier alpha value is -3.23. The normalized spacial score (nSPS) is 10.8. The largest absolute Gasteiger partial charge is 0.470 e. The van der Waals surface area contributed by atoms with Gasteiger partial charge in [0, 0.05) is 18.3 Å². The second-order valence-electron chi connectivity index (χ2n) is 6.96. The summed E-state index contributed by atoms with van der Waals surface area (Å²) in [6.07, 6.45) is 0. The lowest BCUT2D eigenvalue weighted by molar-refractivity contribution is -0.0756. The number of carbonyl (C=O) groups excluding carboxylic acids is 1. The smallest absolute Gasteiger partial charge is 0.280 e. The number of rotatable bonds is 6. The molecule has 31 heavy (non-hydrogen) atoms. The second-order valence-corrected chi connectivity index (χ2v) is 7.34. The van der Waals surface area contributed by atoms with E-state index >= 15 is 0 Å². The topological polar surface area (TPSA) is 86.6 Å². The highest BCUT2D eigenvalue weighted by Gasteiger charge is 2.19. The first-order valence-corrected chi connectivity index (χ1v) is 9.88. The lowest BCUT2D eigenvalue weighted by Gasteiger charge is -2.17. The van der Waals surface area contributed by atoms with Crippen LogP contribution in [-0.4, -0.2) is 39.7 Å². The molecule has 162 valence electrons. The summed E-state index contributed by atoms with van der Waals surface area (Å²) >= 11 is 6.31. The number of hydrogen-bond acceptors (Lipinski definition) is 6. The van der Waals surface area contributed by atoms with E-state index in [1.807, 2.05) is 32.0 Å². The Morgan fingerprint density at radius 2 is 1.90 bits per heavy atom. The van der Waals surface area contributed by atoms with Crippen LogP contribution in [0.3, 0.4) is 0 Å². The van der Waals surface area contributed by atoms with Gasteiger partial charge in [-0.05, 0) is 50.6 Å². The van der Waals surface area contributed by atoms with E-state index in [0.29, 0.717) is 22.8 Å². The van der Waals surface area contributed by atoms with Crippen molar-refractivity contribution in [2.45, 2.75) is 27.4 Å². The van der Waals surface area contributed by atoms with Gasteiger partial charge in [-0.3, -0.25) is 24.0 Å². The van der Waals surface area contributed by atoms with Crippen LogP contribution in [0, 0.1) is 20.8 Å². The van der Waals surface area contributed by atoms with Crippen LogP contribution in [0.4, 0.5) is 0 Å². The van der Waals surface area contributed by atoms with Gasteiger partial charge in [-0.2, -0.15) is 4.98 Å². The number of aryl methyl sites for hydroxylation is 3. The fraction of sp³-hybridized carbons (Fsp3) is 0.273. The molecule has 0 saturated heterocycles. The fourth-order valence-electron chi connectivity index (χ4n) is 3.03. The number of ether oxygens (including phenoxy) is 1.